The molecule has 148 valence electrons. The summed E-state index contributed by atoms with van der Waals surface area (Å²) in [6.07, 6.45) is 1.17. The molecule has 6 nitrogen and oxygen atoms in total. The second-order valence-corrected chi connectivity index (χ2v) is 7.59. The molecule has 28 heavy (non-hydrogen) atoms. The van der Waals surface area contributed by atoms with Gasteiger partial charge < -0.3 is 25.6 Å². The minimum Gasteiger partial charge on any atom is -0.487 e. The van der Waals surface area contributed by atoms with Crippen molar-refractivity contribution >= 4 is 51.9 Å². The first-order valence-electron chi connectivity index (χ1n) is 8.99. The summed E-state index contributed by atoms with van der Waals surface area (Å²) in [6.45, 7) is 3.41. The van der Waals surface area contributed by atoms with E-state index in [1.807, 2.05) is 24.3 Å². The number of thiocarbonyl (C=S) groups is 1. The molecule has 2 aromatic carbocycles. The van der Waals surface area contributed by atoms with Gasteiger partial charge >= 0.3 is 0 Å². The predicted octanol–water partition coefficient (Wildman–Crippen LogP) is 4.19. The minimum atomic E-state index is -0.109. The van der Waals surface area contributed by atoms with Crippen LogP contribution in [0.4, 0.5) is 17.1 Å². The number of likely N-dealkylation sites (N-methyl/N-ethyl adjacent to an activating group) is 1. The summed E-state index contributed by atoms with van der Waals surface area (Å²) in [5.41, 5.74) is 2.31. The molecule has 0 aromatic heterocycles. The molecule has 1 unspecified atom stereocenters. The van der Waals surface area contributed by atoms with Gasteiger partial charge in [0, 0.05) is 37.1 Å². The highest BCUT2D eigenvalue weighted by Gasteiger charge is 2.21. The van der Waals surface area contributed by atoms with E-state index in [-0.39, 0.29) is 12.0 Å². The third kappa shape index (κ3) is 5.82. The molecule has 1 fully saturated rings. The second kappa shape index (κ2) is 9.23. The monoisotopic (exact) mass is 418 g/mol. The Labute approximate surface area is 175 Å². The minimum absolute atomic E-state index is 0.109. The molecule has 0 saturated carbocycles. The van der Waals surface area contributed by atoms with Gasteiger partial charge in [0.2, 0.25) is 5.91 Å². The van der Waals surface area contributed by atoms with Gasteiger partial charge in [-0.25, -0.2) is 0 Å². The number of carbonyl (C=O) groups excluding carboxylic acids is 1. The molecule has 8 heteroatoms. The second-order valence-electron chi connectivity index (χ2n) is 6.77. The lowest BCUT2D eigenvalue weighted by Crippen LogP contribution is -2.21. The number of anilines is 3. The summed E-state index contributed by atoms with van der Waals surface area (Å²) in [6, 6.07) is 12.8. The Morgan fingerprint density at radius 1 is 1.11 bits per heavy atom. The van der Waals surface area contributed by atoms with Gasteiger partial charge in [0.05, 0.1) is 5.02 Å². The molecule has 2 aromatic rings. The van der Waals surface area contributed by atoms with Crippen molar-refractivity contribution in [2.45, 2.75) is 19.4 Å². The van der Waals surface area contributed by atoms with Crippen molar-refractivity contribution in [1.82, 2.24) is 4.90 Å². The topological polar surface area (TPSA) is 65.6 Å². The lowest BCUT2D eigenvalue weighted by molar-refractivity contribution is -0.114. The fraction of sp³-hybridized carbons (Fsp3) is 0.300. The van der Waals surface area contributed by atoms with Crippen molar-refractivity contribution in [2.75, 3.05) is 36.1 Å². The molecular formula is C20H23ClN4O2S. The highest BCUT2D eigenvalue weighted by atomic mass is 35.5. The Balaban J connectivity index is 1.55. The van der Waals surface area contributed by atoms with Crippen molar-refractivity contribution in [1.29, 1.82) is 0 Å². The molecule has 0 radical (unpaired) electrons. The van der Waals surface area contributed by atoms with Crippen LogP contribution in [0.2, 0.25) is 5.02 Å². The molecule has 0 aliphatic carbocycles. The van der Waals surface area contributed by atoms with Crippen LogP contribution in [0.3, 0.4) is 0 Å². The highest BCUT2D eigenvalue weighted by Crippen LogP contribution is 2.30. The van der Waals surface area contributed by atoms with Gasteiger partial charge in [-0.2, -0.15) is 0 Å². The number of hydrogen-bond donors (Lipinski definition) is 3. The molecule has 1 aliphatic heterocycles. The molecule has 1 aliphatic rings. The first-order valence-corrected chi connectivity index (χ1v) is 9.78. The number of amides is 1. The van der Waals surface area contributed by atoms with E-state index in [4.69, 9.17) is 28.6 Å². The third-order valence-corrected chi connectivity index (χ3v) is 4.79. The average molecular weight is 419 g/mol. The first-order chi connectivity index (χ1) is 13.4. The van der Waals surface area contributed by atoms with Gasteiger partial charge in [-0.05, 0) is 68.2 Å². The number of benzene rings is 2. The van der Waals surface area contributed by atoms with Crippen molar-refractivity contribution < 1.29 is 9.53 Å². The standard InChI is InChI=1S/C20H23ClN4O2S/c1-13(26)22-14-3-5-15(6-4-14)23-20(28)24-16-7-8-19(18(21)11-16)27-17-9-10-25(2)12-17/h3-8,11,17H,9-10,12H2,1-2H3,(H,22,26)(H2,23,24,28). The lowest BCUT2D eigenvalue weighted by Gasteiger charge is -2.16. The summed E-state index contributed by atoms with van der Waals surface area (Å²) in [4.78, 5) is 13.3. The smallest absolute Gasteiger partial charge is 0.221 e. The number of likely N-dealkylation sites (tertiary alicyclic amines) is 1. The summed E-state index contributed by atoms with van der Waals surface area (Å²) < 4.78 is 5.99. The van der Waals surface area contributed by atoms with Gasteiger partial charge in [0.1, 0.15) is 11.9 Å². The Hall–Kier alpha value is -2.35. The molecule has 1 amide bonds. The maximum atomic E-state index is 11.1. The Morgan fingerprint density at radius 2 is 1.71 bits per heavy atom. The van der Waals surface area contributed by atoms with Gasteiger partial charge in [-0.15, -0.1) is 0 Å². The van der Waals surface area contributed by atoms with E-state index in [2.05, 4.69) is 27.9 Å². The zero-order valence-electron chi connectivity index (χ0n) is 15.8. The van der Waals surface area contributed by atoms with Crippen molar-refractivity contribution in [3.8, 4) is 5.75 Å². The molecule has 1 saturated heterocycles. The number of nitrogens with one attached hydrogen (secondary N) is 3. The molecular weight excluding hydrogens is 396 g/mol. The lowest BCUT2D eigenvalue weighted by atomic mass is 10.2. The molecule has 0 bridgehead atoms. The number of ether oxygens (including phenoxy) is 1. The zero-order chi connectivity index (χ0) is 20.1. The Morgan fingerprint density at radius 3 is 2.29 bits per heavy atom. The highest BCUT2D eigenvalue weighted by molar-refractivity contribution is 7.80. The number of rotatable bonds is 5. The van der Waals surface area contributed by atoms with E-state index >= 15 is 0 Å². The maximum absolute atomic E-state index is 11.1. The first kappa shape index (κ1) is 20.4. The largest absolute Gasteiger partial charge is 0.487 e. The molecule has 3 N–H and O–H groups in total. The van der Waals surface area contributed by atoms with E-state index in [0.29, 0.717) is 15.9 Å². The van der Waals surface area contributed by atoms with Crippen molar-refractivity contribution in [2.24, 2.45) is 0 Å². The number of halogens is 1. The summed E-state index contributed by atoms with van der Waals surface area (Å²) >= 11 is 11.7. The third-order valence-electron chi connectivity index (χ3n) is 4.29. The van der Waals surface area contributed by atoms with Crippen LogP contribution in [0, 0.1) is 0 Å². The fourth-order valence-corrected chi connectivity index (χ4v) is 3.44. The van der Waals surface area contributed by atoms with Crippen LogP contribution >= 0.6 is 23.8 Å². The van der Waals surface area contributed by atoms with Crippen LogP contribution in [0.15, 0.2) is 42.5 Å². The Kier molecular flexibility index (Phi) is 6.72. The number of nitrogens with zero attached hydrogens (tertiary/aromatic N) is 1. The van der Waals surface area contributed by atoms with Gasteiger partial charge in [0.25, 0.3) is 0 Å². The quantitative estimate of drug-likeness (QED) is 0.633. The summed E-state index contributed by atoms with van der Waals surface area (Å²) in [5.74, 6) is 0.571. The Bertz CT molecular complexity index is 860. The van der Waals surface area contributed by atoms with Crippen LogP contribution in [0.1, 0.15) is 13.3 Å². The number of carbonyl (C=O) groups is 1. The van der Waals surface area contributed by atoms with E-state index in [0.717, 1.165) is 36.6 Å². The predicted molar refractivity (Wildman–Crippen MR) is 119 cm³/mol. The number of hydrogen-bond acceptors (Lipinski definition) is 4. The van der Waals surface area contributed by atoms with Crippen LogP contribution in [-0.2, 0) is 4.79 Å². The van der Waals surface area contributed by atoms with Gasteiger partial charge in [-0.1, -0.05) is 11.6 Å². The maximum Gasteiger partial charge on any atom is 0.221 e. The fourth-order valence-electron chi connectivity index (χ4n) is 2.98. The average Bonchev–Trinajstić information content (AvgIpc) is 3.03. The molecule has 1 heterocycles. The molecule has 3 rings (SSSR count). The van der Waals surface area contributed by atoms with Gasteiger partial charge in [-0.3, -0.25) is 4.79 Å². The van der Waals surface area contributed by atoms with Crippen LogP contribution < -0.4 is 20.7 Å². The molecule has 0 spiro atoms. The van der Waals surface area contributed by atoms with Crippen molar-refractivity contribution in [3.05, 3.63) is 47.5 Å². The normalized spacial score (nSPS) is 16.5. The van der Waals surface area contributed by atoms with E-state index in [1.165, 1.54) is 6.92 Å². The van der Waals surface area contributed by atoms with Crippen molar-refractivity contribution in [3.63, 3.8) is 0 Å². The van der Waals surface area contributed by atoms with Gasteiger partial charge in [0.15, 0.2) is 5.11 Å². The molecule has 1 atom stereocenters. The summed E-state index contributed by atoms with van der Waals surface area (Å²) in [7, 11) is 2.08. The van der Waals surface area contributed by atoms with Crippen LogP contribution in [0.25, 0.3) is 0 Å². The SMILES string of the molecule is CC(=O)Nc1ccc(NC(=S)Nc2ccc(OC3CCN(C)C3)c(Cl)c2)cc1. The van der Waals surface area contributed by atoms with E-state index < -0.39 is 0 Å². The van der Waals surface area contributed by atoms with E-state index in [9.17, 15) is 4.79 Å². The van der Waals surface area contributed by atoms with E-state index in [1.54, 1.807) is 18.2 Å². The zero-order valence-corrected chi connectivity index (χ0v) is 17.4. The summed E-state index contributed by atoms with van der Waals surface area (Å²) in [5, 5.41) is 9.91. The van der Waals surface area contributed by atoms with Crippen LogP contribution in [-0.4, -0.2) is 42.2 Å². The van der Waals surface area contributed by atoms with Crippen LogP contribution in [0.5, 0.6) is 5.75 Å².